The third kappa shape index (κ3) is 3.46. The first kappa shape index (κ1) is 11.9. The highest BCUT2D eigenvalue weighted by atomic mass is 16.5. The van der Waals surface area contributed by atoms with E-state index in [0.717, 1.165) is 17.9 Å². The van der Waals surface area contributed by atoms with Crippen molar-refractivity contribution in [3.8, 4) is 5.75 Å². The molecule has 0 heterocycles. The van der Waals surface area contributed by atoms with Gasteiger partial charge in [0.05, 0.1) is 6.61 Å². The van der Waals surface area contributed by atoms with Gasteiger partial charge in [0.25, 0.3) is 0 Å². The molecule has 2 rings (SSSR count). The van der Waals surface area contributed by atoms with Crippen LogP contribution in [0, 0.1) is 5.92 Å². The lowest BCUT2D eigenvalue weighted by atomic mass is 10.1. The predicted octanol–water partition coefficient (Wildman–Crippen LogP) is 1.43. The van der Waals surface area contributed by atoms with Gasteiger partial charge in [-0.1, -0.05) is 18.2 Å². The Bertz CT molecular complexity index is 401. The first-order valence-corrected chi connectivity index (χ1v) is 5.86. The van der Waals surface area contributed by atoms with Crippen molar-refractivity contribution in [3.05, 3.63) is 29.8 Å². The fourth-order valence-corrected chi connectivity index (χ4v) is 1.63. The molecule has 0 amide bonds. The molecule has 1 aromatic carbocycles. The van der Waals surface area contributed by atoms with Crippen molar-refractivity contribution in [1.82, 2.24) is 0 Å². The standard InChI is InChI=1S/C13H17NO3/c14-11(13(15)16)7-10-3-1-2-4-12(10)17-8-9-5-6-9/h1-4,9,11H,5-8,14H2,(H,15,16)/t11-/m1/s1. The van der Waals surface area contributed by atoms with Crippen LogP contribution in [0.5, 0.6) is 5.75 Å². The third-order valence-electron chi connectivity index (χ3n) is 2.90. The van der Waals surface area contributed by atoms with E-state index in [1.807, 2.05) is 24.3 Å². The second-order valence-corrected chi connectivity index (χ2v) is 4.51. The van der Waals surface area contributed by atoms with E-state index in [0.29, 0.717) is 12.3 Å². The van der Waals surface area contributed by atoms with Crippen LogP contribution in [0.4, 0.5) is 0 Å². The normalized spacial score (nSPS) is 16.5. The molecule has 0 saturated heterocycles. The number of rotatable bonds is 6. The summed E-state index contributed by atoms with van der Waals surface area (Å²) in [4.78, 5) is 10.7. The summed E-state index contributed by atoms with van der Waals surface area (Å²) in [5, 5.41) is 8.80. The van der Waals surface area contributed by atoms with E-state index >= 15 is 0 Å². The van der Waals surface area contributed by atoms with E-state index in [1.54, 1.807) is 0 Å². The molecule has 0 bridgehead atoms. The number of carboxylic acid groups (broad SMARTS) is 1. The summed E-state index contributed by atoms with van der Waals surface area (Å²) in [6.07, 6.45) is 2.77. The number of aliphatic carboxylic acids is 1. The number of carbonyl (C=O) groups is 1. The molecule has 1 aliphatic rings. The van der Waals surface area contributed by atoms with E-state index < -0.39 is 12.0 Å². The Morgan fingerprint density at radius 3 is 2.82 bits per heavy atom. The molecule has 1 fully saturated rings. The maximum absolute atomic E-state index is 10.7. The summed E-state index contributed by atoms with van der Waals surface area (Å²) in [5.74, 6) is 0.453. The van der Waals surface area contributed by atoms with E-state index in [2.05, 4.69) is 0 Å². The Morgan fingerprint density at radius 2 is 2.18 bits per heavy atom. The van der Waals surface area contributed by atoms with Gasteiger partial charge in [-0.2, -0.15) is 0 Å². The van der Waals surface area contributed by atoms with Gasteiger partial charge in [0.15, 0.2) is 0 Å². The molecule has 0 aromatic heterocycles. The number of benzene rings is 1. The number of hydrogen-bond donors (Lipinski definition) is 2. The van der Waals surface area contributed by atoms with Gasteiger partial charge in [0.2, 0.25) is 0 Å². The molecule has 1 atom stereocenters. The number of para-hydroxylation sites is 1. The summed E-state index contributed by atoms with van der Waals surface area (Å²) >= 11 is 0. The minimum absolute atomic E-state index is 0.302. The second-order valence-electron chi connectivity index (χ2n) is 4.51. The largest absolute Gasteiger partial charge is 0.493 e. The van der Waals surface area contributed by atoms with Gasteiger partial charge < -0.3 is 15.6 Å². The molecule has 92 valence electrons. The van der Waals surface area contributed by atoms with Gasteiger partial charge in [-0.3, -0.25) is 4.79 Å². The van der Waals surface area contributed by atoms with Crippen molar-refractivity contribution < 1.29 is 14.6 Å². The zero-order valence-corrected chi connectivity index (χ0v) is 9.63. The van der Waals surface area contributed by atoms with E-state index in [-0.39, 0.29) is 0 Å². The van der Waals surface area contributed by atoms with Crippen LogP contribution in [0.15, 0.2) is 24.3 Å². The molecule has 1 aliphatic carbocycles. The molecule has 0 spiro atoms. The summed E-state index contributed by atoms with van der Waals surface area (Å²) in [5.41, 5.74) is 6.39. The summed E-state index contributed by atoms with van der Waals surface area (Å²) in [7, 11) is 0. The number of ether oxygens (including phenoxy) is 1. The molecule has 1 saturated carbocycles. The Hall–Kier alpha value is -1.55. The Labute approximate surface area is 100 Å². The van der Waals surface area contributed by atoms with Gasteiger partial charge in [-0.25, -0.2) is 0 Å². The lowest BCUT2D eigenvalue weighted by molar-refractivity contribution is -0.138. The van der Waals surface area contributed by atoms with Crippen LogP contribution in [-0.2, 0) is 11.2 Å². The molecule has 0 unspecified atom stereocenters. The predicted molar refractivity (Wildman–Crippen MR) is 64.0 cm³/mol. The minimum atomic E-state index is -0.984. The van der Waals surface area contributed by atoms with Crippen LogP contribution >= 0.6 is 0 Å². The van der Waals surface area contributed by atoms with Crippen molar-refractivity contribution in [1.29, 1.82) is 0 Å². The number of hydrogen-bond acceptors (Lipinski definition) is 3. The van der Waals surface area contributed by atoms with Gasteiger partial charge in [-0.05, 0) is 30.4 Å². The van der Waals surface area contributed by atoms with Crippen LogP contribution in [0.2, 0.25) is 0 Å². The summed E-state index contributed by atoms with van der Waals surface area (Å²) in [6, 6.07) is 6.61. The van der Waals surface area contributed by atoms with E-state index in [9.17, 15) is 4.79 Å². The van der Waals surface area contributed by atoms with Crippen LogP contribution in [0.1, 0.15) is 18.4 Å². The monoisotopic (exact) mass is 235 g/mol. The van der Waals surface area contributed by atoms with Crippen molar-refractivity contribution in [3.63, 3.8) is 0 Å². The highest BCUT2D eigenvalue weighted by molar-refractivity contribution is 5.73. The maximum Gasteiger partial charge on any atom is 0.320 e. The topological polar surface area (TPSA) is 72.5 Å². The van der Waals surface area contributed by atoms with E-state index in [1.165, 1.54) is 12.8 Å². The Kier molecular flexibility index (Phi) is 3.64. The smallest absolute Gasteiger partial charge is 0.320 e. The lowest BCUT2D eigenvalue weighted by Gasteiger charge is -2.12. The average molecular weight is 235 g/mol. The molecular weight excluding hydrogens is 218 g/mol. The van der Waals surface area contributed by atoms with E-state index in [4.69, 9.17) is 15.6 Å². The Balaban J connectivity index is 2.00. The molecule has 1 aromatic rings. The minimum Gasteiger partial charge on any atom is -0.493 e. The summed E-state index contributed by atoms with van der Waals surface area (Å²) < 4.78 is 5.69. The van der Waals surface area contributed by atoms with Crippen LogP contribution in [-0.4, -0.2) is 23.7 Å². The molecular formula is C13H17NO3. The van der Waals surface area contributed by atoms with Gasteiger partial charge in [0, 0.05) is 6.42 Å². The SMILES string of the molecule is N[C@H](Cc1ccccc1OCC1CC1)C(=O)O. The zero-order chi connectivity index (χ0) is 12.3. The quantitative estimate of drug-likeness (QED) is 0.782. The van der Waals surface area contributed by atoms with Crippen molar-refractivity contribution in [2.75, 3.05) is 6.61 Å². The van der Waals surface area contributed by atoms with Gasteiger partial charge in [-0.15, -0.1) is 0 Å². The van der Waals surface area contributed by atoms with Crippen LogP contribution in [0.3, 0.4) is 0 Å². The van der Waals surface area contributed by atoms with Crippen molar-refractivity contribution in [2.45, 2.75) is 25.3 Å². The molecule has 3 N–H and O–H groups in total. The van der Waals surface area contributed by atoms with Crippen molar-refractivity contribution in [2.24, 2.45) is 11.7 Å². The average Bonchev–Trinajstić information content (AvgIpc) is 3.11. The maximum atomic E-state index is 10.7. The third-order valence-corrected chi connectivity index (χ3v) is 2.90. The van der Waals surface area contributed by atoms with Crippen LogP contribution < -0.4 is 10.5 Å². The highest BCUT2D eigenvalue weighted by Gasteiger charge is 2.22. The lowest BCUT2D eigenvalue weighted by Crippen LogP contribution is -2.32. The number of nitrogens with two attached hydrogens (primary N) is 1. The van der Waals surface area contributed by atoms with Gasteiger partial charge in [0.1, 0.15) is 11.8 Å². The number of carboxylic acids is 1. The van der Waals surface area contributed by atoms with Crippen molar-refractivity contribution >= 4 is 5.97 Å². The fraction of sp³-hybridized carbons (Fsp3) is 0.462. The fourth-order valence-electron chi connectivity index (χ4n) is 1.63. The molecule has 4 heteroatoms. The van der Waals surface area contributed by atoms with Crippen LogP contribution in [0.25, 0.3) is 0 Å². The second kappa shape index (κ2) is 5.19. The molecule has 4 nitrogen and oxygen atoms in total. The van der Waals surface area contributed by atoms with Gasteiger partial charge >= 0.3 is 5.97 Å². The first-order valence-electron chi connectivity index (χ1n) is 5.86. The molecule has 0 aliphatic heterocycles. The Morgan fingerprint density at radius 1 is 1.47 bits per heavy atom. The highest BCUT2D eigenvalue weighted by Crippen LogP contribution is 2.30. The zero-order valence-electron chi connectivity index (χ0n) is 9.63. The first-order chi connectivity index (χ1) is 8.16. The summed E-state index contributed by atoms with van der Waals surface area (Å²) in [6.45, 7) is 0.722. The molecule has 17 heavy (non-hydrogen) atoms. The molecule has 0 radical (unpaired) electrons.